The molecule has 4 aliphatic rings. The van der Waals surface area contributed by atoms with Crippen molar-refractivity contribution in [2.45, 2.75) is 69.2 Å². The van der Waals surface area contributed by atoms with E-state index < -0.39 is 11.9 Å². The summed E-state index contributed by atoms with van der Waals surface area (Å²) >= 11 is 0. The summed E-state index contributed by atoms with van der Waals surface area (Å²) in [4.78, 5) is 45.0. The van der Waals surface area contributed by atoms with E-state index in [1.807, 2.05) is 24.3 Å². The third kappa shape index (κ3) is 4.46. The van der Waals surface area contributed by atoms with Gasteiger partial charge in [0.05, 0.1) is 0 Å². The van der Waals surface area contributed by atoms with E-state index in [2.05, 4.69) is 21.3 Å². The number of nitriles is 1. The molecule has 190 valence electrons. The number of likely N-dealkylation sites (tertiary alicyclic amines) is 1. The summed E-state index contributed by atoms with van der Waals surface area (Å²) in [5.41, 5.74) is 3.08. The van der Waals surface area contributed by atoms with Gasteiger partial charge in [-0.05, 0) is 67.1 Å². The van der Waals surface area contributed by atoms with Gasteiger partial charge in [0.1, 0.15) is 29.7 Å². The Labute approximate surface area is 215 Å². The second-order valence-electron chi connectivity index (χ2n) is 10.5. The molecule has 1 aromatic carbocycles. The minimum absolute atomic E-state index is 0.0724. The molecule has 3 aliphatic heterocycles. The van der Waals surface area contributed by atoms with Gasteiger partial charge in [0.25, 0.3) is 5.91 Å². The van der Waals surface area contributed by atoms with Crippen LogP contribution in [0.3, 0.4) is 0 Å². The minimum Gasteiger partial charge on any atom is -0.489 e. The molecule has 0 bridgehead atoms. The minimum atomic E-state index is -0.617. The number of pyridine rings is 1. The summed E-state index contributed by atoms with van der Waals surface area (Å²) < 4.78 is 6.53. The molecule has 9 nitrogen and oxygen atoms in total. The van der Waals surface area contributed by atoms with Crippen molar-refractivity contribution in [3.05, 3.63) is 58.9 Å². The number of hydrogen-bond donors (Lipinski definition) is 1. The quantitative estimate of drug-likeness (QED) is 0.629. The van der Waals surface area contributed by atoms with Crippen molar-refractivity contribution in [3.63, 3.8) is 0 Å². The predicted molar refractivity (Wildman–Crippen MR) is 132 cm³/mol. The highest BCUT2D eigenvalue weighted by Crippen LogP contribution is 2.36. The Morgan fingerprint density at radius 3 is 2.70 bits per heavy atom. The standard InChI is InChI=1S/C28H29N5O4/c29-13-20-11-17(9-10-30-20)19-14-32(15-19)23-3-1-2-4-25(23)37-21-5-6-22-18(12-21)16-33(28(22)36)24-7-8-26(34)31-27(24)35/h5-6,9-12,19,23-25H,1-4,7-8,14-16H2,(H,31,34,35)/t23?,24?,25-/m0/s1. The number of amides is 3. The zero-order chi connectivity index (χ0) is 25.5. The van der Waals surface area contributed by atoms with E-state index in [-0.39, 0.29) is 24.3 Å². The lowest BCUT2D eigenvalue weighted by atomic mass is 9.84. The van der Waals surface area contributed by atoms with E-state index in [1.54, 1.807) is 17.2 Å². The average Bonchev–Trinajstić information content (AvgIpc) is 3.19. The highest BCUT2D eigenvalue weighted by atomic mass is 16.5. The average molecular weight is 500 g/mol. The molecule has 37 heavy (non-hydrogen) atoms. The number of rotatable bonds is 5. The Morgan fingerprint density at radius 1 is 1.05 bits per heavy atom. The molecule has 6 rings (SSSR count). The monoisotopic (exact) mass is 499 g/mol. The summed E-state index contributed by atoms with van der Waals surface area (Å²) in [5, 5.41) is 11.5. The number of ether oxygens (including phenoxy) is 1. The molecule has 2 unspecified atom stereocenters. The highest BCUT2D eigenvalue weighted by molar-refractivity contribution is 6.05. The van der Waals surface area contributed by atoms with Crippen LogP contribution in [0.4, 0.5) is 0 Å². The lowest BCUT2D eigenvalue weighted by molar-refractivity contribution is -0.136. The van der Waals surface area contributed by atoms with Gasteiger partial charge in [-0.3, -0.25) is 24.6 Å². The zero-order valence-electron chi connectivity index (χ0n) is 20.6. The number of piperidine rings is 1. The molecule has 0 radical (unpaired) electrons. The van der Waals surface area contributed by atoms with Crippen LogP contribution in [0.5, 0.6) is 5.75 Å². The Bertz CT molecular complexity index is 1300. The number of fused-ring (bicyclic) bond motifs is 1. The second-order valence-corrected chi connectivity index (χ2v) is 10.5. The molecule has 1 aromatic heterocycles. The van der Waals surface area contributed by atoms with Crippen LogP contribution >= 0.6 is 0 Å². The molecule has 1 saturated carbocycles. The van der Waals surface area contributed by atoms with Gasteiger partial charge >= 0.3 is 0 Å². The van der Waals surface area contributed by atoms with Crippen LogP contribution in [0.15, 0.2) is 36.5 Å². The summed E-state index contributed by atoms with van der Waals surface area (Å²) in [6.07, 6.45) is 6.76. The van der Waals surface area contributed by atoms with Crippen molar-refractivity contribution in [3.8, 4) is 11.8 Å². The van der Waals surface area contributed by atoms with Crippen LogP contribution < -0.4 is 10.1 Å². The number of hydrogen-bond acceptors (Lipinski definition) is 7. The topological polar surface area (TPSA) is 116 Å². The van der Waals surface area contributed by atoms with Crippen LogP contribution in [0, 0.1) is 11.3 Å². The molecule has 2 aromatic rings. The van der Waals surface area contributed by atoms with Crippen molar-refractivity contribution < 1.29 is 19.1 Å². The Hall–Kier alpha value is -3.77. The van der Waals surface area contributed by atoms with Crippen LogP contribution in [-0.4, -0.2) is 63.8 Å². The predicted octanol–water partition coefficient (Wildman–Crippen LogP) is 2.50. The molecule has 3 atom stereocenters. The van der Waals surface area contributed by atoms with Crippen molar-refractivity contribution >= 4 is 17.7 Å². The van der Waals surface area contributed by atoms with Gasteiger partial charge in [-0.1, -0.05) is 6.42 Å². The van der Waals surface area contributed by atoms with E-state index in [0.29, 0.717) is 36.2 Å². The van der Waals surface area contributed by atoms with Crippen LogP contribution in [-0.2, 0) is 16.1 Å². The molecule has 1 N–H and O–H groups in total. The fourth-order valence-electron chi connectivity index (χ4n) is 6.19. The van der Waals surface area contributed by atoms with E-state index in [1.165, 1.54) is 12.0 Å². The largest absolute Gasteiger partial charge is 0.489 e. The van der Waals surface area contributed by atoms with Crippen molar-refractivity contribution in [2.75, 3.05) is 13.1 Å². The maximum atomic E-state index is 13.0. The number of nitrogens with one attached hydrogen (secondary N) is 1. The first-order chi connectivity index (χ1) is 18.0. The number of aromatic nitrogens is 1. The van der Waals surface area contributed by atoms with Crippen LogP contribution in [0.1, 0.15) is 71.6 Å². The van der Waals surface area contributed by atoms with Gasteiger partial charge in [-0.25, -0.2) is 4.98 Å². The smallest absolute Gasteiger partial charge is 0.255 e. The van der Waals surface area contributed by atoms with Crippen molar-refractivity contribution in [1.29, 1.82) is 5.26 Å². The summed E-state index contributed by atoms with van der Waals surface area (Å²) in [6, 6.07) is 11.3. The molecule has 9 heteroatoms. The first-order valence-corrected chi connectivity index (χ1v) is 13.0. The molecule has 3 amide bonds. The second kappa shape index (κ2) is 9.60. The van der Waals surface area contributed by atoms with Gasteiger partial charge in [-0.2, -0.15) is 5.26 Å². The number of nitrogens with zero attached hydrogens (tertiary/aromatic N) is 4. The maximum absolute atomic E-state index is 13.0. The first-order valence-electron chi connectivity index (χ1n) is 13.0. The van der Waals surface area contributed by atoms with Crippen molar-refractivity contribution in [2.24, 2.45) is 0 Å². The lowest BCUT2D eigenvalue weighted by Gasteiger charge is -2.48. The van der Waals surface area contributed by atoms with E-state index in [4.69, 9.17) is 10.00 Å². The number of imide groups is 1. The van der Waals surface area contributed by atoms with E-state index >= 15 is 0 Å². The van der Waals surface area contributed by atoms with Crippen molar-refractivity contribution in [1.82, 2.24) is 20.1 Å². The Balaban J connectivity index is 1.12. The van der Waals surface area contributed by atoms with Gasteiger partial charge in [0, 0.05) is 49.8 Å². The lowest BCUT2D eigenvalue weighted by Crippen LogP contribution is -2.57. The fraction of sp³-hybridized carbons (Fsp3) is 0.464. The third-order valence-corrected chi connectivity index (χ3v) is 8.20. The zero-order valence-corrected chi connectivity index (χ0v) is 20.6. The van der Waals surface area contributed by atoms with Gasteiger partial charge < -0.3 is 9.64 Å². The molecule has 3 fully saturated rings. The van der Waals surface area contributed by atoms with Gasteiger partial charge in [0.2, 0.25) is 11.8 Å². The number of benzene rings is 1. The highest BCUT2D eigenvalue weighted by Gasteiger charge is 2.41. The van der Waals surface area contributed by atoms with E-state index in [9.17, 15) is 14.4 Å². The Kier molecular flexibility index (Phi) is 6.13. The molecular weight excluding hydrogens is 470 g/mol. The van der Waals surface area contributed by atoms with Crippen LogP contribution in [0.2, 0.25) is 0 Å². The Morgan fingerprint density at radius 2 is 1.89 bits per heavy atom. The first kappa shape index (κ1) is 23.6. The van der Waals surface area contributed by atoms with Gasteiger partial charge in [-0.15, -0.1) is 0 Å². The molecular formula is C28H29N5O4. The normalized spacial score (nSPS) is 26.3. The molecule has 0 spiro atoms. The third-order valence-electron chi connectivity index (χ3n) is 8.20. The van der Waals surface area contributed by atoms with Crippen LogP contribution in [0.25, 0.3) is 0 Å². The molecule has 4 heterocycles. The summed E-state index contributed by atoms with van der Waals surface area (Å²) in [7, 11) is 0. The number of carbonyl (C=O) groups excluding carboxylic acids is 3. The fourth-order valence-corrected chi connectivity index (χ4v) is 6.19. The SMILES string of the molecule is N#Cc1cc(C2CN(C3CCCC[C@@H]3Oc3ccc4c(c3)CN(C3CCC(=O)NC3=O)C4=O)C2)ccn1. The van der Waals surface area contributed by atoms with E-state index in [0.717, 1.165) is 43.7 Å². The number of carbonyl (C=O) groups is 3. The summed E-state index contributed by atoms with van der Waals surface area (Å²) in [5.74, 6) is 0.293. The molecule has 1 aliphatic carbocycles. The maximum Gasteiger partial charge on any atom is 0.255 e. The molecule has 2 saturated heterocycles. The van der Waals surface area contributed by atoms with Gasteiger partial charge in [0.15, 0.2) is 0 Å². The summed E-state index contributed by atoms with van der Waals surface area (Å²) in [6.45, 7) is 2.23.